The number of hydrogen-bond donors (Lipinski definition) is 2. The van der Waals surface area contributed by atoms with Gasteiger partial charge in [0.2, 0.25) is 0 Å². The number of carbonyl (C=O) groups excluding carboxylic acids is 3. The minimum absolute atomic E-state index is 0.158. The molecule has 0 spiro atoms. The van der Waals surface area contributed by atoms with Gasteiger partial charge in [0.15, 0.2) is 6.10 Å². The lowest BCUT2D eigenvalue weighted by Crippen LogP contribution is -2.30. The second-order valence-corrected chi connectivity index (χ2v) is 24.1. The van der Waals surface area contributed by atoms with Crippen LogP contribution in [0.5, 0.6) is 0 Å². The number of carbonyl (C=O) groups is 3. The second kappa shape index (κ2) is 63.9. The van der Waals surface area contributed by atoms with Crippen molar-refractivity contribution in [3.05, 3.63) is 72.9 Å². The third kappa shape index (κ3) is 61.5. The van der Waals surface area contributed by atoms with E-state index in [-0.39, 0.29) is 25.9 Å². The standard InChI is InChI=1S/C70H125O11P/c1-4-7-10-13-16-19-22-25-28-31-33-36-38-41-44-47-50-53-56-59-68(72)77-63-67(81-70(74)61-58-55-52-49-46-43-40-37-34-32-29-26-23-20-17-14-11-8-5-2)65-79-82(75,76)78-64-66(62-71)80-69(73)60-57-54-51-48-45-42-39-35-30-27-24-21-18-15-12-9-6-3/h7,10,16,19,25-26,28-29,33,36,41,44,66-67,71H,4-6,8-9,11-15,17-18,20-24,27,30-32,34-35,37-40,42-43,45-65H2,1-3H3,(H,75,76)/b10-7-,19-16-,28-25-,29-26-,36-33-,44-41-. The summed E-state index contributed by atoms with van der Waals surface area (Å²) in [6, 6.07) is 0. The van der Waals surface area contributed by atoms with Gasteiger partial charge in [0.1, 0.15) is 12.7 Å². The lowest BCUT2D eigenvalue weighted by molar-refractivity contribution is -0.161. The van der Waals surface area contributed by atoms with Gasteiger partial charge < -0.3 is 24.2 Å². The van der Waals surface area contributed by atoms with Crippen molar-refractivity contribution in [2.75, 3.05) is 26.4 Å². The molecule has 476 valence electrons. The van der Waals surface area contributed by atoms with Gasteiger partial charge in [-0.1, -0.05) is 280 Å². The predicted molar refractivity (Wildman–Crippen MR) is 344 cm³/mol. The first-order valence-electron chi connectivity index (χ1n) is 33.8. The van der Waals surface area contributed by atoms with Crippen LogP contribution in [0.1, 0.15) is 316 Å². The van der Waals surface area contributed by atoms with Crippen molar-refractivity contribution in [3.8, 4) is 0 Å². The average Bonchev–Trinajstić information content (AvgIpc) is 3.47. The topological polar surface area (TPSA) is 155 Å². The molecular formula is C70H125O11P. The normalized spacial score (nSPS) is 13.7. The van der Waals surface area contributed by atoms with Crippen LogP contribution >= 0.6 is 7.82 Å². The Kier molecular flexibility index (Phi) is 61.5. The third-order valence-electron chi connectivity index (χ3n) is 14.6. The van der Waals surface area contributed by atoms with Gasteiger partial charge in [-0.2, -0.15) is 0 Å². The Balaban J connectivity index is 4.72. The van der Waals surface area contributed by atoms with Gasteiger partial charge in [-0.25, -0.2) is 4.57 Å². The van der Waals surface area contributed by atoms with Crippen molar-refractivity contribution >= 4 is 25.7 Å². The molecule has 11 nitrogen and oxygen atoms in total. The number of allylic oxidation sites excluding steroid dienone is 12. The van der Waals surface area contributed by atoms with Crippen LogP contribution in [0.4, 0.5) is 0 Å². The van der Waals surface area contributed by atoms with Crippen molar-refractivity contribution in [1.82, 2.24) is 0 Å². The van der Waals surface area contributed by atoms with E-state index in [1.165, 1.54) is 167 Å². The van der Waals surface area contributed by atoms with Crippen molar-refractivity contribution in [3.63, 3.8) is 0 Å². The molecule has 0 heterocycles. The summed E-state index contributed by atoms with van der Waals surface area (Å²) in [6.45, 7) is 4.55. The fourth-order valence-corrected chi connectivity index (χ4v) is 10.3. The van der Waals surface area contributed by atoms with Crippen molar-refractivity contribution in [2.45, 2.75) is 328 Å². The molecule has 0 saturated heterocycles. The number of phosphoric acid groups is 1. The summed E-state index contributed by atoms with van der Waals surface area (Å²) in [4.78, 5) is 48.8. The van der Waals surface area contributed by atoms with Crippen LogP contribution in [0, 0.1) is 0 Å². The van der Waals surface area contributed by atoms with Crippen LogP contribution in [0.3, 0.4) is 0 Å². The lowest BCUT2D eigenvalue weighted by Gasteiger charge is -2.21. The van der Waals surface area contributed by atoms with Gasteiger partial charge in [0.05, 0.1) is 19.8 Å². The maximum absolute atomic E-state index is 13.0. The molecule has 0 aliphatic heterocycles. The van der Waals surface area contributed by atoms with Crippen LogP contribution in [-0.4, -0.2) is 66.5 Å². The number of phosphoric ester groups is 1. The van der Waals surface area contributed by atoms with E-state index in [1.807, 2.05) is 0 Å². The predicted octanol–water partition coefficient (Wildman–Crippen LogP) is 20.8. The molecular weight excluding hydrogens is 1050 g/mol. The maximum atomic E-state index is 13.0. The lowest BCUT2D eigenvalue weighted by atomic mass is 10.0. The van der Waals surface area contributed by atoms with Crippen molar-refractivity contribution in [2.24, 2.45) is 0 Å². The third-order valence-corrected chi connectivity index (χ3v) is 15.6. The first-order chi connectivity index (χ1) is 40.2. The van der Waals surface area contributed by atoms with E-state index in [4.69, 9.17) is 23.3 Å². The van der Waals surface area contributed by atoms with Gasteiger partial charge in [0.25, 0.3) is 0 Å². The van der Waals surface area contributed by atoms with Crippen LogP contribution in [0.15, 0.2) is 72.9 Å². The number of aliphatic hydroxyl groups is 1. The molecule has 82 heavy (non-hydrogen) atoms. The number of unbranched alkanes of at least 4 members (excludes halogenated alkanes) is 34. The maximum Gasteiger partial charge on any atom is 0.472 e. The molecule has 12 heteroatoms. The summed E-state index contributed by atoms with van der Waals surface area (Å²) < 4.78 is 39.7. The molecule has 0 aromatic heterocycles. The highest BCUT2D eigenvalue weighted by molar-refractivity contribution is 7.47. The Labute approximate surface area is 503 Å². The monoisotopic (exact) mass is 1170 g/mol. The molecule has 2 N–H and O–H groups in total. The van der Waals surface area contributed by atoms with E-state index in [2.05, 4.69) is 93.7 Å². The van der Waals surface area contributed by atoms with E-state index < -0.39 is 57.8 Å². The van der Waals surface area contributed by atoms with Gasteiger partial charge in [-0.15, -0.1) is 0 Å². The number of rotatable bonds is 63. The van der Waals surface area contributed by atoms with Crippen molar-refractivity contribution in [1.29, 1.82) is 0 Å². The van der Waals surface area contributed by atoms with Gasteiger partial charge in [0, 0.05) is 19.3 Å². The van der Waals surface area contributed by atoms with E-state index in [9.17, 15) is 28.9 Å². The van der Waals surface area contributed by atoms with Gasteiger partial charge >= 0.3 is 25.7 Å². The highest BCUT2D eigenvalue weighted by atomic mass is 31.2. The zero-order valence-electron chi connectivity index (χ0n) is 53.0. The summed E-state index contributed by atoms with van der Waals surface area (Å²) in [6.07, 6.45) is 74.2. The van der Waals surface area contributed by atoms with Crippen LogP contribution in [-0.2, 0) is 42.2 Å². The summed E-state index contributed by atoms with van der Waals surface area (Å²) >= 11 is 0. The minimum atomic E-state index is -4.76. The fourth-order valence-electron chi connectivity index (χ4n) is 9.50. The molecule has 0 amide bonds. The molecule has 0 fully saturated rings. The Morgan fingerprint density at radius 3 is 1.00 bits per heavy atom. The van der Waals surface area contributed by atoms with Crippen LogP contribution in [0.2, 0.25) is 0 Å². The number of hydrogen-bond acceptors (Lipinski definition) is 10. The Morgan fingerprint density at radius 2 is 0.634 bits per heavy atom. The van der Waals surface area contributed by atoms with Crippen molar-refractivity contribution < 1.29 is 52.2 Å². The summed E-state index contributed by atoms with van der Waals surface area (Å²) in [5.74, 6) is -1.49. The summed E-state index contributed by atoms with van der Waals surface area (Å²) in [7, 11) is -4.76. The molecule has 0 aromatic rings. The number of aliphatic hydroxyl groups excluding tert-OH is 1. The molecule has 0 aromatic carbocycles. The molecule has 0 saturated carbocycles. The molecule has 0 aliphatic carbocycles. The number of esters is 3. The second-order valence-electron chi connectivity index (χ2n) is 22.6. The van der Waals surface area contributed by atoms with Gasteiger partial charge in [-0.05, 0) is 89.9 Å². The summed E-state index contributed by atoms with van der Waals surface area (Å²) in [5, 5.41) is 9.87. The number of ether oxygens (including phenoxy) is 3. The molecule has 0 radical (unpaired) electrons. The smallest absolute Gasteiger partial charge is 0.462 e. The fraction of sp³-hybridized carbons (Fsp3) is 0.786. The first kappa shape index (κ1) is 78.9. The van der Waals surface area contributed by atoms with Crippen LogP contribution in [0.25, 0.3) is 0 Å². The quantitative estimate of drug-likeness (QED) is 0.0197. The van der Waals surface area contributed by atoms with E-state index >= 15 is 0 Å². The Hall–Kier alpha value is -3.08. The molecule has 3 atom stereocenters. The van der Waals surface area contributed by atoms with E-state index in [1.54, 1.807) is 0 Å². The highest BCUT2D eigenvalue weighted by Crippen LogP contribution is 2.43. The largest absolute Gasteiger partial charge is 0.472 e. The Morgan fingerprint density at radius 1 is 0.354 bits per heavy atom. The SMILES string of the molecule is CC/C=C\C/C=C\C/C=C\C/C=C\C/C=C\CCCCCC(=O)OCC(COP(=O)(O)OCC(CO)OC(=O)CCCCCCCCCCCCCCCCCCC)OC(=O)CCCCCCCCCCC/C=C\CCCCCCCC. The first-order valence-corrected chi connectivity index (χ1v) is 35.3. The van der Waals surface area contributed by atoms with E-state index in [0.717, 1.165) is 89.9 Å². The van der Waals surface area contributed by atoms with Gasteiger partial charge in [-0.3, -0.25) is 23.4 Å². The van der Waals surface area contributed by atoms with Crippen LogP contribution < -0.4 is 0 Å². The average molecular weight is 1170 g/mol. The van der Waals surface area contributed by atoms with E-state index in [0.29, 0.717) is 19.3 Å². The summed E-state index contributed by atoms with van der Waals surface area (Å²) in [5.41, 5.74) is 0. The highest BCUT2D eigenvalue weighted by Gasteiger charge is 2.28. The molecule has 0 bridgehead atoms. The molecule has 0 aliphatic rings. The zero-order chi connectivity index (χ0) is 59.8. The molecule has 3 unspecified atom stereocenters. The minimum Gasteiger partial charge on any atom is -0.462 e. The molecule has 0 rings (SSSR count). The Bertz CT molecular complexity index is 1650. The zero-order valence-corrected chi connectivity index (χ0v) is 53.8.